The van der Waals surface area contributed by atoms with Gasteiger partial charge in [0.1, 0.15) is 5.83 Å². The summed E-state index contributed by atoms with van der Waals surface area (Å²) in [5, 5.41) is 6.10. The van der Waals surface area contributed by atoms with Crippen LogP contribution in [0.15, 0.2) is 46.1 Å². The van der Waals surface area contributed by atoms with E-state index in [0.717, 1.165) is 12.2 Å². The smallest absolute Gasteiger partial charge is 0.276 e. The maximum atomic E-state index is 13.3. The highest BCUT2D eigenvalue weighted by atomic mass is 35.5. The van der Waals surface area contributed by atoms with Gasteiger partial charge in [0, 0.05) is 5.03 Å². The fraction of sp³-hybridized carbons (Fsp3) is 0.286. The summed E-state index contributed by atoms with van der Waals surface area (Å²) in [6, 6.07) is 0. The molecule has 148 valence electrons. The Morgan fingerprint density at radius 3 is 2.04 bits per heavy atom. The number of rotatable bonds is 3. The van der Waals surface area contributed by atoms with Gasteiger partial charge in [-0.1, -0.05) is 23.2 Å². The second-order valence-corrected chi connectivity index (χ2v) is 7.54. The van der Waals surface area contributed by atoms with Crippen molar-refractivity contribution in [3.05, 3.63) is 56.2 Å². The summed E-state index contributed by atoms with van der Waals surface area (Å²) in [6.07, 6.45) is 1.16. The zero-order chi connectivity index (χ0) is 21.2. The molecule has 0 spiro atoms. The first-order valence-electron chi connectivity index (χ1n) is 6.66. The predicted molar refractivity (Wildman–Crippen MR) is 95.6 cm³/mol. The number of carbonyl (C=O) groups excluding carboxylic acids is 2. The number of nitrogens with zero attached hydrogens (tertiary/aromatic N) is 1. The quantitative estimate of drug-likeness (QED) is 0.172. The maximum absolute atomic E-state index is 13.3. The standard InChI is InChI=1S/C7H3Cl3FNO3.C7H4Cl2F2O/c8-4-2-7(10,12(14)15)5(11)1-3(4)6(9)13;8-6(12)4-1-2-7(9,11)3-5(4)10/h1H,2H2;1-2H,3H2. The molecule has 13 heteroatoms. The van der Waals surface area contributed by atoms with Crippen LogP contribution in [0.1, 0.15) is 12.8 Å². The van der Waals surface area contributed by atoms with E-state index in [1.165, 1.54) is 0 Å². The van der Waals surface area contributed by atoms with Crippen LogP contribution in [0, 0.1) is 10.1 Å². The summed E-state index contributed by atoms with van der Waals surface area (Å²) >= 11 is 26.2. The van der Waals surface area contributed by atoms with Crippen molar-refractivity contribution >= 4 is 68.5 Å². The zero-order valence-electron chi connectivity index (χ0n) is 12.8. The molecule has 0 aromatic heterocycles. The second-order valence-electron chi connectivity index (χ2n) is 5.14. The maximum Gasteiger partial charge on any atom is 0.350 e. The number of nitro groups is 1. The minimum absolute atomic E-state index is 0.233. The molecule has 0 aliphatic heterocycles. The van der Waals surface area contributed by atoms with Gasteiger partial charge in [-0.05, 0) is 53.0 Å². The molecule has 5 nitrogen and oxygen atoms in total. The summed E-state index contributed by atoms with van der Waals surface area (Å²) in [5.41, 5.74) is -0.639. The fourth-order valence-corrected chi connectivity index (χ4v) is 3.00. The van der Waals surface area contributed by atoms with E-state index >= 15 is 0 Å². The lowest BCUT2D eigenvalue weighted by Crippen LogP contribution is -2.35. The molecule has 2 aliphatic rings. The van der Waals surface area contributed by atoms with Crippen LogP contribution in [-0.4, -0.2) is 25.5 Å². The zero-order valence-corrected chi connectivity index (χ0v) is 16.5. The minimum atomic E-state index is -2.44. The van der Waals surface area contributed by atoms with Crippen LogP contribution in [-0.2, 0) is 9.59 Å². The first-order valence-corrected chi connectivity index (χ1v) is 8.55. The average Bonchev–Trinajstić information content (AvgIpc) is 2.49. The van der Waals surface area contributed by atoms with E-state index in [9.17, 15) is 32.9 Å². The van der Waals surface area contributed by atoms with Crippen LogP contribution in [0.25, 0.3) is 0 Å². The number of alkyl halides is 3. The Morgan fingerprint density at radius 2 is 1.63 bits per heavy atom. The lowest BCUT2D eigenvalue weighted by molar-refractivity contribution is -0.533. The molecule has 0 saturated heterocycles. The molecule has 0 heterocycles. The number of hydrogen-bond acceptors (Lipinski definition) is 4. The SMILES string of the molecule is O=C(Cl)C1=C(Cl)CC(Cl)([N+](=O)[O-])C(F)=C1.O=C(Cl)C1=C(F)CC(F)(Cl)C=C1. The van der Waals surface area contributed by atoms with E-state index in [0.29, 0.717) is 6.08 Å². The Balaban J connectivity index is 0.000000277. The Kier molecular flexibility index (Phi) is 7.96. The molecule has 0 aromatic rings. The third-order valence-electron chi connectivity index (χ3n) is 3.21. The van der Waals surface area contributed by atoms with Gasteiger partial charge in [0.2, 0.25) is 5.13 Å². The van der Waals surface area contributed by atoms with Gasteiger partial charge in [0.25, 0.3) is 10.5 Å². The van der Waals surface area contributed by atoms with Gasteiger partial charge in [-0.2, -0.15) is 0 Å². The van der Waals surface area contributed by atoms with Crippen molar-refractivity contribution in [1.82, 2.24) is 0 Å². The summed E-state index contributed by atoms with van der Waals surface area (Å²) in [5.74, 6) is -2.18. The van der Waals surface area contributed by atoms with Crippen LogP contribution < -0.4 is 0 Å². The molecule has 2 rings (SSSR count). The molecule has 2 aliphatic carbocycles. The van der Waals surface area contributed by atoms with Crippen LogP contribution in [0.4, 0.5) is 13.2 Å². The summed E-state index contributed by atoms with van der Waals surface area (Å²) in [4.78, 5) is 28.3. The van der Waals surface area contributed by atoms with Gasteiger partial charge < -0.3 is 0 Å². The van der Waals surface area contributed by atoms with Crippen LogP contribution in [0.2, 0.25) is 0 Å². The van der Waals surface area contributed by atoms with Crippen molar-refractivity contribution in [2.24, 2.45) is 0 Å². The molecule has 0 saturated carbocycles. The third-order valence-corrected chi connectivity index (χ3v) is 4.66. The van der Waals surface area contributed by atoms with Gasteiger partial charge in [-0.25, -0.2) is 13.2 Å². The van der Waals surface area contributed by atoms with E-state index in [1.807, 2.05) is 0 Å². The van der Waals surface area contributed by atoms with E-state index in [2.05, 4.69) is 0 Å². The Morgan fingerprint density at radius 1 is 1.11 bits per heavy atom. The van der Waals surface area contributed by atoms with Crippen molar-refractivity contribution in [3.8, 4) is 0 Å². The topological polar surface area (TPSA) is 77.3 Å². The second kappa shape index (κ2) is 8.96. The summed E-state index contributed by atoms with van der Waals surface area (Å²) in [6.45, 7) is 0. The fourth-order valence-electron chi connectivity index (χ4n) is 1.84. The monoisotopic (exact) mass is 485 g/mol. The van der Waals surface area contributed by atoms with Crippen LogP contribution in [0.5, 0.6) is 0 Å². The van der Waals surface area contributed by atoms with E-state index < -0.39 is 50.0 Å². The van der Waals surface area contributed by atoms with Gasteiger partial charge in [0.15, 0.2) is 5.83 Å². The summed E-state index contributed by atoms with van der Waals surface area (Å²) < 4.78 is 38.9. The molecule has 2 atom stereocenters. The number of carbonyl (C=O) groups is 2. The highest BCUT2D eigenvalue weighted by Crippen LogP contribution is 2.41. The van der Waals surface area contributed by atoms with Gasteiger partial charge in [-0.3, -0.25) is 19.7 Å². The average molecular weight is 487 g/mol. The Bertz CT molecular complexity index is 822. The van der Waals surface area contributed by atoms with Gasteiger partial charge in [0.05, 0.1) is 28.9 Å². The van der Waals surface area contributed by atoms with Crippen molar-refractivity contribution < 1.29 is 27.7 Å². The van der Waals surface area contributed by atoms with Crippen LogP contribution in [0.3, 0.4) is 0 Å². The first kappa shape index (κ1) is 24.0. The third kappa shape index (κ3) is 5.96. The van der Waals surface area contributed by atoms with Crippen LogP contribution >= 0.6 is 58.0 Å². The van der Waals surface area contributed by atoms with Gasteiger partial charge >= 0.3 is 5.00 Å². The molecule has 0 N–H and O–H groups in total. The lowest BCUT2D eigenvalue weighted by Gasteiger charge is -2.20. The molecular formula is C14H7Cl5F3NO4. The molecule has 0 amide bonds. The highest BCUT2D eigenvalue weighted by Gasteiger charge is 2.49. The molecular weight excluding hydrogens is 480 g/mol. The molecule has 27 heavy (non-hydrogen) atoms. The number of hydrogen-bond donors (Lipinski definition) is 0. The first-order chi connectivity index (χ1) is 12.2. The largest absolute Gasteiger partial charge is 0.350 e. The van der Waals surface area contributed by atoms with E-state index in [-0.39, 0.29) is 16.2 Å². The van der Waals surface area contributed by atoms with E-state index in [4.69, 9.17) is 58.0 Å². The summed E-state index contributed by atoms with van der Waals surface area (Å²) in [7, 11) is 0. The molecule has 0 fully saturated rings. The molecule has 0 aromatic carbocycles. The number of allylic oxidation sites excluding steroid dienone is 6. The minimum Gasteiger partial charge on any atom is -0.276 e. The van der Waals surface area contributed by atoms with Gasteiger partial charge in [-0.15, -0.1) is 0 Å². The highest BCUT2D eigenvalue weighted by molar-refractivity contribution is 6.69. The van der Waals surface area contributed by atoms with E-state index in [1.54, 1.807) is 0 Å². The van der Waals surface area contributed by atoms with Crippen molar-refractivity contribution in [1.29, 1.82) is 0 Å². The van der Waals surface area contributed by atoms with Crippen molar-refractivity contribution in [3.63, 3.8) is 0 Å². The predicted octanol–water partition coefficient (Wildman–Crippen LogP) is 5.55. The molecule has 0 bridgehead atoms. The molecule has 0 radical (unpaired) electrons. The Labute approximate surface area is 175 Å². The lowest BCUT2D eigenvalue weighted by atomic mass is 10.0. The normalized spacial score (nSPS) is 27.6. The Hall–Kier alpha value is -1.06. The van der Waals surface area contributed by atoms with Crippen molar-refractivity contribution in [2.45, 2.75) is 23.0 Å². The van der Waals surface area contributed by atoms with Crippen molar-refractivity contribution in [2.75, 3.05) is 0 Å². The number of halogens is 8. The molecule has 2 unspecified atom stereocenters.